The summed E-state index contributed by atoms with van der Waals surface area (Å²) in [7, 11) is 0. The van der Waals surface area contributed by atoms with Gasteiger partial charge in [0.05, 0.1) is 11.7 Å². The van der Waals surface area contributed by atoms with Gasteiger partial charge in [-0.15, -0.1) is 0 Å². The van der Waals surface area contributed by atoms with E-state index >= 15 is 0 Å². The molecule has 2 aromatic carbocycles. The molecule has 0 spiro atoms. The van der Waals surface area contributed by atoms with E-state index in [9.17, 15) is 4.79 Å². The van der Waals surface area contributed by atoms with Gasteiger partial charge in [0, 0.05) is 22.5 Å². The molecule has 0 aliphatic carbocycles. The molecule has 122 valence electrons. The lowest BCUT2D eigenvalue weighted by molar-refractivity contribution is 0.0940. The van der Waals surface area contributed by atoms with Crippen LogP contribution in [0.5, 0.6) is 0 Å². The van der Waals surface area contributed by atoms with Crippen molar-refractivity contribution in [1.29, 1.82) is 0 Å². The van der Waals surface area contributed by atoms with Crippen LogP contribution in [0.25, 0.3) is 5.69 Å². The van der Waals surface area contributed by atoms with Gasteiger partial charge in [0.25, 0.3) is 5.91 Å². The molecule has 1 amide bonds. The Bertz CT molecular complexity index is 855. The van der Waals surface area contributed by atoms with Crippen LogP contribution in [-0.2, 0) is 0 Å². The van der Waals surface area contributed by atoms with Gasteiger partial charge in [0.1, 0.15) is 0 Å². The molecule has 0 aliphatic rings. The molecule has 0 aliphatic heterocycles. The third-order valence-corrected chi connectivity index (χ3v) is 4.14. The standard InChI is InChI=1S/C19H18ClN3O/c1-13-10-11-21-23(13)18-8-6-15(7-9-18)19(24)22-14(2)16-4-3-5-17(20)12-16/h3-12,14H,1-2H3,(H,22,24). The maximum Gasteiger partial charge on any atom is 0.251 e. The summed E-state index contributed by atoms with van der Waals surface area (Å²) in [5.41, 5.74) is 3.55. The van der Waals surface area contributed by atoms with Crippen LogP contribution < -0.4 is 5.32 Å². The summed E-state index contributed by atoms with van der Waals surface area (Å²) in [6.07, 6.45) is 1.75. The Morgan fingerprint density at radius 1 is 1.17 bits per heavy atom. The van der Waals surface area contributed by atoms with Crippen LogP contribution in [0.3, 0.4) is 0 Å². The van der Waals surface area contributed by atoms with Gasteiger partial charge < -0.3 is 5.32 Å². The van der Waals surface area contributed by atoms with Gasteiger partial charge in [-0.25, -0.2) is 4.68 Å². The number of hydrogen-bond donors (Lipinski definition) is 1. The van der Waals surface area contributed by atoms with Crippen molar-refractivity contribution in [3.8, 4) is 5.69 Å². The van der Waals surface area contributed by atoms with Crippen molar-refractivity contribution in [2.45, 2.75) is 19.9 Å². The van der Waals surface area contributed by atoms with Gasteiger partial charge in [-0.05, 0) is 61.9 Å². The summed E-state index contributed by atoms with van der Waals surface area (Å²) in [6, 6.07) is 16.7. The third kappa shape index (κ3) is 3.49. The Balaban J connectivity index is 1.72. The SMILES string of the molecule is Cc1ccnn1-c1ccc(C(=O)NC(C)c2cccc(Cl)c2)cc1. The van der Waals surface area contributed by atoms with E-state index in [0.717, 1.165) is 16.9 Å². The van der Waals surface area contributed by atoms with E-state index in [2.05, 4.69) is 10.4 Å². The predicted octanol–water partition coefficient (Wildman–Crippen LogP) is 4.33. The number of carbonyl (C=O) groups excluding carboxylic acids is 1. The molecule has 1 N–H and O–H groups in total. The highest BCUT2D eigenvalue weighted by atomic mass is 35.5. The van der Waals surface area contributed by atoms with Crippen LogP contribution in [0.2, 0.25) is 5.02 Å². The van der Waals surface area contributed by atoms with Crippen molar-refractivity contribution >= 4 is 17.5 Å². The fourth-order valence-electron chi connectivity index (χ4n) is 2.53. The molecule has 5 heteroatoms. The van der Waals surface area contributed by atoms with Gasteiger partial charge in [-0.2, -0.15) is 5.10 Å². The van der Waals surface area contributed by atoms with E-state index in [4.69, 9.17) is 11.6 Å². The van der Waals surface area contributed by atoms with Gasteiger partial charge in [0.15, 0.2) is 0 Å². The summed E-state index contributed by atoms with van der Waals surface area (Å²) >= 11 is 6.00. The minimum Gasteiger partial charge on any atom is -0.346 e. The minimum atomic E-state index is -0.121. The molecule has 3 rings (SSSR count). The van der Waals surface area contributed by atoms with E-state index in [-0.39, 0.29) is 11.9 Å². The number of halogens is 1. The molecule has 3 aromatic rings. The Labute approximate surface area is 146 Å². The molecule has 0 fully saturated rings. The highest BCUT2D eigenvalue weighted by molar-refractivity contribution is 6.30. The second-order valence-electron chi connectivity index (χ2n) is 5.68. The van der Waals surface area contributed by atoms with E-state index in [1.807, 2.05) is 61.0 Å². The first-order valence-electron chi connectivity index (χ1n) is 7.72. The fraction of sp³-hybridized carbons (Fsp3) is 0.158. The lowest BCUT2D eigenvalue weighted by Gasteiger charge is -2.15. The van der Waals surface area contributed by atoms with Gasteiger partial charge >= 0.3 is 0 Å². The van der Waals surface area contributed by atoms with Crippen molar-refractivity contribution in [2.24, 2.45) is 0 Å². The van der Waals surface area contributed by atoms with E-state index < -0.39 is 0 Å². The Morgan fingerprint density at radius 3 is 2.54 bits per heavy atom. The zero-order valence-corrected chi connectivity index (χ0v) is 14.3. The second-order valence-corrected chi connectivity index (χ2v) is 6.12. The van der Waals surface area contributed by atoms with Crippen LogP contribution in [-0.4, -0.2) is 15.7 Å². The number of carbonyl (C=O) groups is 1. The zero-order valence-electron chi connectivity index (χ0n) is 13.5. The molecule has 0 saturated heterocycles. The number of nitrogens with zero attached hydrogens (tertiary/aromatic N) is 2. The minimum absolute atomic E-state index is 0.119. The molecular formula is C19H18ClN3O. The van der Waals surface area contributed by atoms with Crippen molar-refractivity contribution in [2.75, 3.05) is 0 Å². The maximum absolute atomic E-state index is 12.4. The second kappa shape index (κ2) is 6.89. The first kappa shape index (κ1) is 16.3. The molecule has 24 heavy (non-hydrogen) atoms. The Morgan fingerprint density at radius 2 is 1.92 bits per heavy atom. The first-order chi connectivity index (χ1) is 11.5. The van der Waals surface area contributed by atoms with E-state index in [1.54, 1.807) is 18.3 Å². The average Bonchev–Trinajstić information content (AvgIpc) is 3.01. The molecule has 1 heterocycles. The highest BCUT2D eigenvalue weighted by Crippen LogP contribution is 2.18. The first-order valence-corrected chi connectivity index (χ1v) is 8.10. The number of nitrogens with one attached hydrogen (secondary N) is 1. The maximum atomic E-state index is 12.4. The van der Waals surface area contributed by atoms with Crippen LogP contribution in [0.15, 0.2) is 60.8 Å². The lowest BCUT2D eigenvalue weighted by atomic mass is 10.1. The zero-order chi connectivity index (χ0) is 17.1. The summed E-state index contributed by atoms with van der Waals surface area (Å²) in [5.74, 6) is -0.119. The molecule has 0 saturated carbocycles. The molecule has 0 radical (unpaired) electrons. The Hall–Kier alpha value is -2.59. The van der Waals surface area contributed by atoms with E-state index in [1.165, 1.54) is 0 Å². The van der Waals surface area contributed by atoms with Gasteiger partial charge in [-0.1, -0.05) is 23.7 Å². The normalized spacial score (nSPS) is 12.0. The third-order valence-electron chi connectivity index (χ3n) is 3.90. The summed E-state index contributed by atoms with van der Waals surface area (Å²) < 4.78 is 1.83. The van der Waals surface area contributed by atoms with Crippen molar-refractivity contribution in [3.63, 3.8) is 0 Å². The predicted molar refractivity (Wildman–Crippen MR) is 95.6 cm³/mol. The number of amides is 1. The summed E-state index contributed by atoms with van der Waals surface area (Å²) in [4.78, 5) is 12.4. The molecule has 1 unspecified atom stereocenters. The van der Waals surface area contributed by atoms with Gasteiger partial charge in [0.2, 0.25) is 0 Å². The number of hydrogen-bond acceptors (Lipinski definition) is 2. The molecule has 1 atom stereocenters. The smallest absolute Gasteiger partial charge is 0.251 e. The fourth-order valence-corrected chi connectivity index (χ4v) is 2.73. The number of aromatic nitrogens is 2. The Kier molecular flexibility index (Phi) is 4.67. The van der Waals surface area contributed by atoms with Crippen molar-refractivity contribution in [3.05, 3.63) is 82.6 Å². The van der Waals surface area contributed by atoms with Crippen LogP contribution in [0.1, 0.15) is 34.6 Å². The van der Waals surface area contributed by atoms with Crippen LogP contribution in [0.4, 0.5) is 0 Å². The molecular weight excluding hydrogens is 322 g/mol. The highest BCUT2D eigenvalue weighted by Gasteiger charge is 2.12. The van der Waals surface area contributed by atoms with Crippen molar-refractivity contribution < 1.29 is 4.79 Å². The van der Waals surface area contributed by atoms with E-state index in [0.29, 0.717) is 10.6 Å². The molecule has 4 nitrogen and oxygen atoms in total. The summed E-state index contributed by atoms with van der Waals surface area (Å²) in [6.45, 7) is 3.92. The average molecular weight is 340 g/mol. The number of rotatable bonds is 4. The van der Waals surface area contributed by atoms with Crippen molar-refractivity contribution in [1.82, 2.24) is 15.1 Å². The molecule has 0 bridgehead atoms. The topological polar surface area (TPSA) is 46.9 Å². The number of benzene rings is 2. The quantitative estimate of drug-likeness (QED) is 0.769. The van der Waals surface area contributed by atoms with Crippen LogP contribution in [0, 0.1) is 6.92 Å². The lowest BCUT2D eigenvalue weighted by Crippen LogP contribution is -2.26. The number of aryl methyl sites for hydroxylation is 1. The summed E-state index contributed by atoms with van der Waals surface area (Å²) in [5, 5.41) is 7.91. The van der Waals surface area contributed by atoms with Crippen LogP contribution >= 0.6 is 11.6 Å². The van der Waals surface area contributed by atoms with Gasteiger partial charge in [-0.3, -0.25) is 4.79 Å². The molecule has 1 aromatic heterocycles. The monoisotopic (exact) mass is 339 g/mol. The largest absolute Gasteiger partial charge is 0.346 e.